The number of anilines is 1. The number of nitrogens with one attached hydrogen (secondary N) is 1. The number of hydrogen-bond donors (Lipinski definition) is 1. The van der Waals surface area contributed by atoms with E-state index in [2.05, 4.69) is 5.32 Å². The third kappa shape index (κ3) is 5.42. The van der Waals surface area contributed by atoms with E-state index < -0.39 is 0 Å². The number of hydrogen-bond acceptors (Lipinski definition) is 3. The van der Waals surface area contributed by atoms with Crippen molar-refractivity contribution >= 4 is 40.7 Å². The van der Waals surface area contributed by atoms with Crippen molar-refractivity contribution in [2.24, 2.45) is 5.92 Å². The van der Waals surface area contributed by atoms with Gasteiger partial charge in [-0.15, -0.1) is 0 Å². The van der Waals surface area contributed by atoms with E-state index in [9.17, 15) is 9.59 Å². The molecule has 1 aliphatic rings. The number of amides is 2. The molecule has 0 aliphatic carbocycles. The summed E-state index contributed by atoms with van der Waals surface area (Å²) in [6, 6.07) is 22.2. The molecule has 5 nitrogen and oxygen atoms in total. The Bertz CT molecular complexity index is 1100. The number of rotatable bonds is 7. The normalized spacial score (nSPS) is 15.6. The molecule has 0 spiro atoms. The largest absolute Gasteiger partial charge is 0.489 e. The third-order valence-corrected chi connectivity index (χ3v) is 5.95. The quantitative estimate of drug-likeness (QED) is 0.515. The van der Waals surface area contributed by atoms with Gasteiger partial charge < -0.3 is 15.0 Å². The molecule has 4 rings (SSSR count). The van der Waals surface area contributed by atoms with Crippen LogP contribution in [0.15, 0.2) is 72.8 Å². The number of ether oxygens (including phenoxy) is 1. The van der Waals surface area contributed by atoms with Crippen LogP contribution in [0.2, 0.25) is 10.0 Å². The first-order valence-corrected chi connectivity index (χ1v) is 11.0. The number of halogens is 2. The highest BCUT2D eigenvalue weighted by Gasteiger charge is 2.35. The molecule has 1 fully saturated rings. The molecule has 7 heteroatoms. The highest BCUT2D eigenvalue weighted by molar-refractivity contribution is 6.35. The first kappa shape index (κ1) is 22.2. The highest BCUT2D eigenvalue weighted by atomic mass is 35.5. The Morgan fingerprint density at radius 1 is 1.03 bits per heavy atom. The van der Waals surface area contributed by atoms with E-state index in [-0.39, 0.29) is 24.2 Å². The summed E-state index contributed by atoms with van der Waals surface area (Å²) < 4.78 is 5.80. The van der Waals surface area contributed by atoms with Crippen molar-refractivity contribution in [3.05, 3.63) is 94.0 Å². The number of nitrogens with zero attached hydrogens (tertiary/aromatic N) is 1. The Hall–Kier alpha value is -3.02. The van der Waals surface area contributed by atoms with Crippen molar-refractivity contribution in [3.8, 4) is 5.75 Å². The third-order valence-electron chi connectivity index (χ3n) is 5.36. The van der Waals surface area contributed by atoms with Crippen LogP contribution in [0.25, 0.3) is 0 Å². The zero-order chi connectivity index (χ0) is 22.5. The van der Waals surface area contributed by atoms with Crippen LogP contribution in [0.5, 0.6) is 5.75 Å². The van der Waals surface area contributed by atoms with E-state index in [1.807, 2.05) is 48.5 Å². The molecule has 2 amide bonds. The van der Waals surface area contributed by atoms with E-state index in [4.69, 9.17) is 27.9 Å². The summed E-state index contributed by atoms with van der Waals surface area (Å²) in [5, 5.41) is 4.05. The van der Waals surface area contributed by atoms with E-state index in [0.29, 0.717) is 35.5 Å². The summed E-state index contributed by atoms with van der Waals surface area (Å²) in [6.45, 7) is 1.12. The van der Waals surface area contributed by atoms with Gasteiger partial charge in [0.1, 0.15) is 12.4 Å². The van der Waals surface area contributed by atoms with Crippen LogP contribution in [0.4, 0.5) is 5.69 Å². The van der Waals surface area contributed by atoms with Crippen LogP contribution in [0, 0.1) is 5.92 Å². The summed E-state index contributed by atoms with van der Waals surface area (Å²) >= 11 is 12.1. The first-order valence-electron chi connectivity index (χ1n) is 10.3. The van der Waals surface area contributed by atoms with E-state index in [0.717, 1.165) is 16.8 Å². The average Bonchev–Trinajstić information content (AvgIpc) is 3.19. The molecule has 1 atom stereocenters. The lowest BCUT2D eigenvalue weighted by Crippen LogP contribution is -2.32. The minimum absolute atomic E-state index is 0.0634. The van der Waals surface area contributed by atoms with Crippen molar-refractivity contribution in [1.29, 1.82) is 0 Å². The van der Waals surface area contributed by atoms with Gasteiger partial charge in [-0.3, -0.25) is 9.59 Å². The lowest BCUT2D eigenvalue weighted by Gasteiger charge is -2.17. The van der Waals surface area contributed by atoms with Crippen LogP contribution in [0.1, 0.15) is 17.5 Å². The van der Waals surface area contributed by atoms with Crippen molar-refractivity contribution in [2.45, 2.75) is 19.6 Å². The first-order chi connectivity index (χ1) is 15.5. The second kappa shape index (κ2) is 10.1. The van der Waals surface area contributed by atoms with Gasteiger partial charge in [0, 0.05) is 40.8 Å². The van der Waals surface area contributed by atoms with Gasteiger partial charge in [0.2, 0.25) is 11.8 Å². The Morgan fingerprint density at radius 3 is 2.50 bits per heavy atom. The maximum Gasteiger partial charge on any atom is 0.227 e. The minimum Gasteiger partial charge on any atom is -0.489 e. The van der Waals surface area contributed by atoms with Gasteiger partial charge in [-0.2, -0.15) is 0 Å². The smallest absolute Gasteiger partial charge is 0.227 e. The molecule has 1 heterocycles. The van der Waals surface area contributed by atoms with E-state index >= 15 is 0 Å². The minimum atomic E-state index is -0.366. The predicted octanol–water partition coefficient (Wildman–Crippen LogP) is 5.24. The molecule has 0 unspecified atom stereocenters. The van der Waals surface area contributed by atoms with Crippen LogP contribution in [0.3, 0.4) is 0 Å². The molecule has 0 radical (unpaired) electrons. The maximum atomic E-state index is 12.5. The van der Waals surface area contributed by atoms with E-state index in [1.165, 1.54) is 0 Å². The zero-order valence-corrected chi connectivity index (χ0v) is 18.8. The van der Waals surface area contributed by atoms with Gasteiger partial charge >= 0.3 is 0 Å². The lowest BCUT2D eigenvalue weighted by molar-refractivity contribution is -0.126. The Morgan fingerprint density at radius 2 is 1.78 bits per heavy atom. The molecule has 0 saturated carbocycles. The molecule has 1 N–H and O–H groups in total. The van der Waals surface area contributed by atoms with Gasteiger partial charge in [-0.25, -0.2) is 0 Å². The average molecular weight is 469 g/mol. The maximum absolute atomic E-state index is 12.5. The van der Waals surface area contributed by atoms with Gasteiger partial charge in [0.15, 0.2) is 0 Å². The topological polar surface area (TPSA) is 58.6 Å². The fourth-order valence-corrected chi connectivity index (χ4v) is 4.05. The SMILES string of the molecule is O=C(NCc1ccccc1)[C@H]1CC(=O)N(c2ccc(OCc3ccc(Cl)cc3Cl)cc2)C1. The number of carbonyl (C=O) groups excluding carboxylic acids is 2. The second-order valence-electron chi connectivity index (χ2n) is 7.63. The van der Waals surface area contributed by atoms with Gasteiger partial charge in [0.05, 0.1) is 5.92 Å². The second-order valence-corrected chi connectivity index (χ2v) is 8.47. The van der Waals surface area contributed by atoms with Crippen LogP contribution >= 0.6 is 23.2 Å². The summed E-state index contributed by atoms with van der Waals surface area (Å²) in [5.74, 6) is 0.119. The molecular formula is C25H22Cl2N2O3. The molecule has 0 aromatic heterocycles. The fourth-order valence-electron chi connectivity index (χ4n) is 3.58. The monoisotopic (exact) mass is 468 g/mol. The summed E-state index contributed by atoms with van der Waals surface area (Å²) in [7, 11) is 0. The van der Waals surface area contributed by atoms with Crippen molar-refractivity contribution in [2.75, 3.05) is 11.4 Å². The standard InChI is InChI=1S/C25H22Cl2N2O3/c26-20-7-6-18(23(27)13-20)16-32-22-10-8-21(9-11-22)29-15-19(12-24(29)30)25(31)28-14-17-4-2-1-3-5-17/h1-11,13,19H,12,14-16H2,(H,28,31)/t19-/m0/s1. The number of carbonyl (C=O) groups is 2. The van der Waals surface area contributed by atoms with E-state index in [1.54, 1.807) is 29.2 Å². The van der Waals surface area contributed by atoms with Crippen molar-refractivity contribution in [3.63, 3.8) is 0 Å². The van der Waals surface area contributed by atoms with Crippen LogP contribution in [-0.4, -0.2) is 18.4 Å². The summed E-state index contributed by atoms with van der Waals surface area (Å²) in [4.78, 5) is 26.7. The summed E-state index contributed by atoms with van der Waals surface area (Å²) in [5.41, 5.74) is 2.60. The molecule has 32 heavy (non-hydrogen) atoms. The Labute approximate surface area is 196 Å². The Balaban J connectivity index is 1.32. The molecule has 164 valence electrons. The summed E-state index contributed by atoms with van der Waals surface area (Å²) in [6.07, 6.45) is 0.202. The highest BCUT2D eigenvalue weighted by Crippen LogP contribution is 2.28. The Kier molecular flexibility index (Phi) is 6.98. The molecule has 1 aliphatic heterocycles. The van der Waals surface area contributed by atoms with Gasteiger partial charge in [-0.1, -0.05) is 59.6 Å². The lowest BCUT2D eigenvalue weighted by atomic mass is 10.1. The van der Waals surface area contributed by atoms with Crippen molar-refractivity contribution < 1.29 is 14.3 Å². The van der Waals surface area contributed by atoms with Crippen molar-refractivity contribution in [1.82, 2.24) is 5.32 Å². The fraction of sp³-hybridized carbons (Fsp3) is 0.200. The number of benzene rings is 3. The van der Waals surface area contributed by atoms with Gasteiger partial charge in [-0.05, 0) is 42.0 Å². The molecule has 3 aromatic rings. The molecule has 0 bridgehead atoms. The van der Waals surface area contributed by atoms with Crippen LogP contribution in [-0.2, 0) is 22.7 Å². The molecule has 3 aromatic carbocycles. The molecular weight excluding hydrogens is 447 g/mol. The predicted molar refractivity (Wildman–Crippen MR) is 126 cm³/mol. The van der Waals surface area contributed by atoms with Crippen LogP contribution < -0.4 is 15.0 Å². The van der Waals surface area contributed by atoms with Gasteiger partial charge in [0.25, 0.3) is 0 Å². The molecule has 1 saturated heterocycles. The zero-order valence-electron chi connectivity index (χ0n) is 17.3.